The van der Waals surface area contributed by atoms with Gasteiger partial charge in [-0.2, -0.15) is 0 Å². The van der Waals surface area contributed by atoms with Gasteiger partial charge in [-0.15, -0.1) is 0 Å². The van der Waals surface area contributed by atoms with Crippen LogP contribution in [0, 0.1) is 11.6 Å². The summed E-state index contributed by atoms with van der Waals surface area (Å²) in [5.41, 5.74) is 16.6. The van der Waals surface area contributed by atoms with Crippen LogP contribution < -0.4 is 0 Å². The summed E-state index contributed by atoms with van der Waals surface area (Å²) in [6.45, 7) is 4.70. The van der Waals surface area contributed by atoms with E-state index < -0.39 is 5.41 Å². The molecule has 9 aromatic carbocycles. The van der Waals surface area contributed by atoms with E-state index in [0.717, 1.165) is 66.4 Å². The van der Waals surface area contributed by atoms with Crippen molar-refractivity contribution in [2.45, 2.75) is 30.6 Å². The zero-order chi connectivity index (χ0) is 41.7. The Morgan fingerprint density at radius 1 is 0.419 bits per heavy atom. The molecule has 1 nitrogen and oxygen atoms in total. The molecule has 12 rings (SSSR count). The lowest BCUT2D eigenvalue weighted by molar-refractivity contribution is 0.598. The minimum atomic E-state index is -0.941. The molecule has 0 radical (unpaired) electrons. The molecule has 62 heavy (non-hydrogen) atoms. The standard InChI is InChI=1S/C59H40F2O/c1-58(2)50-19-11-9-17-46(50)55(47-28-23-38(33-51(47)58)36-13-5-3-6-14-36)49-32-31-43(57-56(49)48-18-10-12-20-54(48)62-57)37-21-24-40(25-22-37)59(39-15-7-4-8-16-39)52-34-41(60)26-29-44(52)45-30-27-42(61)35-53(45)59/h3-35,55H,1-2H3. The highest BCUT2D eigenvalue weighted by Gasteiger charge is 2.47. The number of halogens is 2. The van der Waals surface area contributed by atoms with E-state index in [4.69, 9.17) is 4.42 Å². The molecule has 1 aromatic heterocycles. The summed E-state index contributed by atoms with van der Waals surface area (Å²) in [4.78, 5) is 0. The first-order valence-electron chi connectivity index (χ1n) is 21.3. The predicted molar refractivity (Wildman–Crippen MR) is 248 cm³/mol. The molecule has 2 aliphatic carbocycles. The molecule has 1 heterocycles. The van der Waals surface area contributed by atoms with Crippen molar-refractivity contribution >= 4 is 21.9 Å². The second kappa shape index (κ2) is 13.6. The average molecular weight is 803 g/mol. The Hall–Kier alpha value is -7.36. The SMILES string of the molecule is CC1(C)c2ccccc2C(c2ccc(-c3ccc(C4(c5ccccc5)c5cc(F)ccc5-c5ccc(F)cc54)cc3)c3oc4ccccc4c23)c2ccc(-c3ccccc3)cc21. The zero-order valence-corrected chi connectivity index (χ0v) is 34.3. The number of fused-ring (bicyclic) bond motifs is 8. The molecule has 2 aliphatic rings. The van der Waals surface area contributed by atoms with Crippen LogP contribution in [0.25, 0.3) is 55.3 Å². The van der Waals surface area contributed by atoms with Gasteiger partial charge in [-0.05, 0) is 114 Å². The van der Waals surface area contributed by atoms with Gasteiger partial charge in [0.15, 0.2) is 0 Å². The van der Waals surface area contributed by atoms with Crippen molar-refractivity contribution in [1.29, 1.82) is 0 Å². The lowest BCUT2D eigenvalue weighted by Crippen LogP contribution is -2.30. The number of para-hydroxylation sites is 1. The summed E-state index contributed by atoms with van der Waals surface area (Å²) in [5.74, 6) is -0.692. The highest BCUT2D eigenvalue weighted by atomic mass is 19.1. The van der Waals surface area contributed by atoms with Crippen molar-refractivity contribution in [3.63, 3.8) is 0 Å². The minimum absolute atomic E-state index is 0.0343. The highest BCUT2D eigenvalue weighted by molar-refractivity contribution is 6.12. The van der Waals surface area contributed by atoms with Crippen molar-refractivity contribution in [1.82, 2.24) is 0 Å². The molecule has 0 N–H and O–H groups in total. The molecule has 0 bridgehead atoms. The second-order valence-corrected chi connectivity index (χ2v) is 17.4. The van der Waals surface area contributed by atoms with E-state index in [0.29, 0.717) is 0 Å². The van der Waals surface area contributed by atoms with Crippen molar-refractivity contribution in [2.24, 2.45) is 0 Å². The number of furan rings is 1. The fourth-order valence-corrected chi connectivity index (χ4v) is 11.1. The van der Waals surface area contributed by atoms with E-state index in [9.17, 15) is 0 Å². The first kappa shape index (κ1) is 36.5. The maximum absolute atomic E-state index is 15.3. The fraction of sp³-hybridized carbons (Fsp3) is 0.0847. The van der Waals surface area contributed by atoms with Crippen LogP contribution in [0.15, 0.2) is 205 Å². The van der Waals surface area contributed by atoms with Crippen LogP contribution >= 0.6 is 0 Å². The third kappa shape index (κ3) is 5.18. The van der Waals surface area contributed by atoms with Crippen LogP contribution in [0.4, 0.5) is 8.78 Å². The van der Waals surface area contributed by atoms with Crippen LogP contribution in [-0.2, 0) is 10.8 Å². The van der Waals surface area contributed by atoms with Gasteiger partial charge >= 0.3 is 0 Å². The maximum atomic E-state index is 15.3. The summed E-state index contributed by atoms with van der Waals surface area (Å²) in [6.07, 6.45) is 0. The summed E-state index contributed by atoms with van der Waals surface area (Å²) < 4.78 is 37.6. The van der Waals surface area contributed by atoms with Gasteiger partial charge < -0.3 is 4.42 Å². The maximum Gasteiger partial charge on any atom is 0.143 e. The number of rotatable bonds is 5. The van der Waals surface area contributed by atoms with Gasteiger partial charge in [0.05, 0.1) is 5.41 Å². The van der Waals surface area contributed by atoms with Gasteiger partial charge in [0.1, 0.15) is 22.8 Å². The molecule has 10 aromatic rings. The molecule has 296 valence electrons. The van der Waals surface area contributed by atoms with Crippen LogP contribution in [0.3, 0.4) is 0 Å². The second-order valence-electron chi connectivity index (χ2n) is 17.4. The van der Waals surface area contributed by atoms with Crippen LogP contribution in [-0.4, -0.2) is 0 Å². The van der Waals surface area contributed by atoms with E-state index in [1.807, 2.05) is 36.4 Å². The third-order valence-corrected chi connectivity index (χ3v) is 13.9. The summed E-state index contributed by atoms with van der Waals surface area (Å²) in [6, 6.07) is 67.9. The summed E-state index contributed by atoms with van der Waals surface area (Å²) in [5, 5.41) is 2.18. The minimum Gasteiger partial charge on any atom is -0.455 e. The molecule has 0 amide bonds. The monoisotopic (exact) mass is 802 g/mol. The summed E-state index contributed by atoms with van der Waals surface area (Å²) >= 11 is 0. The van der Waals surface area contributed by atoms with Gasteiger partial charge in [-0.25, -0.2) is 8.78 Å². The van der Waals surface area contributed by atoms with Crippen LogP contribution in [0.1, 0.15) is 69.8 Å². The van der Waals surface area contributed by atoms with E-state index >= 15 is 8.78 Å². The van der Waals surface area contributed by atoms with Gasteiger partial charge in [-0.1, -0.05) is 178 Å². The molecular formula is C59H40F2O. The smallest absolute Gasteiger partial charge is 0.143 e. The molecule has 0 spiro atoms. The Kier molecular flexibility index (Phi) is 7.99. The number of hydrogen-bond donors (Lipinski definition) is 0. The van der Waals surface area contributed by atoms with Crippen molar-refractivity contribution < 1.29 is 13.2 Å². The van der Waals surface area contributed by atoms with E-state index in [2.05, 4.69) is 153 Å². The van der Waals surface area contributed by atoms with Crippen molar-refractivity contribution in [2.75, 3.05) is 0 Å². The zero-order valence-electron chi connectivity index (χ0n) is 34.3. The Morgan fingerprint density at radius 3 is 1.71 bits per heavy atom. The highest BCUT2D eigenvalue weighted by Crippen LogP contribution is 2.57. The lowest BCUT2D eigenvalue weighted by Gasteiger charge is -2.40. The normalized spacial score (nSPS) is 15.5. The van der Waals surface area contributed by atoms with Crippen LogP contribution in [0.5, 0.6) is 0 Å². The lowest BCUT2D eigenvalue weighted by atomic mass is 9.63. The summed E-state index contributed by atoms with van der Waals surface area (Å²) in [7, 11) is 0. The third-order valence-electron chi connectivity index (χ3n) is 13.9. The van der Waals surface area contributed by atoms with E-state index in [1.165, 1.54) is 51.1 Å². The molecule has 0 saturated carbocycles. The van der Waals surface area contributed by atoms with Gasteiger partial charge in [0, 0.05) is 27.7 Å². The molecule has 1 unspecified atom stereocenters. The molecular weight excluding hydrogens is 763 g/mol. The Balaban J connectivity index is 1.06. The Morgan fingerprint density at radius 2 is 0.984 bits per heavy atom. The van der Waals surface area contributed by atoms with Gasteiger partial charge in [-0.3, -0.25) is 0 Å². The average Bonchev–Trinajstić information content (AvgIpc) is 3.84. The molecule has 0 aliphatic heterocycles. The topological polar surface area (TPSA) is 13.1 Å². The predicted octanol–water partition coefficient (Wildman–Crippen LogP) is 15.4. The largest absolute Gasteiger partial charge is 0.455 e. The van der Waals surface area contributed by atoms with Crippen LogP contribution in [0.2, 0.25) is 0 Å². The fourth-order valence-electron chi connectivity index (χ4n) is 11.1. The molecule has 1 atom stereocenters. The molecule has 0 fully saturated rings. The quantitative estimate of drug-likeness (QED) is 0.169. The van der Waals surface area contributed by atoms with E-state index in [1.54, 1.807) is 12.1 Å². The van der Waals surface area contributed by atoms with Crippen molar-refractivity contribution in [3.05, 3.63) is 262 Å². The number of benzene rings is 9. The Bertz CT molecular complexity index is 3340. The first-order chi connectivity index (χ1) is 30.3. The molecule has 0 saturated heterocycles. The van der Waals surface area contributed by atoms with Gasteiger partial charge in [0.2, 0.25) is 0 Å². The first-order valence-corrected chi connectivity index (χ1v) is 21.3. The van der Waals surface area contributed by atoms with E-state index in [-0.39, 0.29) is 23.0 Å². The number of hydrogen-bond acceptors (Lipinski definition) is 1. The van der Waals surface area contributed by atoms with Gasteiger partial charge in [0.25, 0.3) is 0 Å². The van der Waals surface area contributed by atoms with Crippen molar-refractivity contribution in [3.8, 4) is 33.4 Å². The Labute approximate surface area is 359 Å². The molecule has 3 heteroatoms.